The van der Waals surface area contributed by atoms with Gasteiger partial charge < -0.3 is 0 Å². The van der Waals surface area contributed by atoms with Crippen LogP contribution >= 0.6 is 0 Å². The Labute approximate surface area is 219 Å². The van der Waals surface area contributed by atoms with Crippen LogP contribution in [-0.2, 0) is 38.5 Å². The number of hydrogen-bond donors (Lipinski definition) is 0. The molecule has 0 heteroatoms. The molecule has 0 saturated carbocycles. The lowest BCUT2D eigenvalue weighted by molar-refractivity contribution is 0.618. The van der Waals surface area contributed by atoms with E-state index >= 15 is 0 Å². The molecule has 0 aliphatic carbocycles. The lowest BCUT2D eigenvalue weighted by Crippen LogP contribution is -2.09. The van der Waals surface area contributed by atoms with E-state index < -0.39 is 0 Å². The van der Waals surface area contributed by atoms with Crippen molar-refractivity contribution in [2.45, 2.75) is 127 Å². The zero-order chi connectivity index (χ0) is 26.1. The quantitative estimate of drug-likeness (QED) is 0.238. The molecule has 196 valence electrons. The summed E-state index contributed by atoms with van der Waals surface area (Å²) in [5, 5.41) is 0. The average Bonchev–Trinajstić information content (AvgIpc) is 2.71. The fraction of sp³-hybridized carbons (Fsp3) is 0.657. The minimum atomic E-state index is 0.688. The number of benzene rings is 2. The van der Waals surface area contributed by atoms with Gasteiger partial charge in [0.15, 0.2) is 0 Å². The number of rotatable bonds is 14. The Hall–Kier alpha value is -1.56. The van der Waals surface area contributed by atoms with E-state index in [1.807, 2.05) is 0 Å². The summed E-state index contributed by atoms with van der Waals surface area (Å²) in [5.74, 6) is 2.76. The van der Waals surface area contributed by atoms with Crippen molar-refractivity contribution >= 4 is 0 Å². The Kier molecular flexibility index (Phi) is 12.1. The van der Waals surface area contributed by atoms with Gasteiger partial charge >= 0.3 is 0 Å². The van der Waals surface area contributed by atoms with Crippen molar-refractivity contribution in [1.29, 1.82) is 0 Å². The van der Waals surface area contributed by atoms with Crippen molar-refractivity contribution in [1.82, 2.24) is 0 Å². The highest BCUT2D eigenvalue weighted by Crippen LogP contribution is 2.29. The van der Waals surface area contributed by atoms with Crippen molar-refractivity contribution < 1.29 is 0 Å². The van der Waals surface area contributed by atoms with Gasteiger partial charge in [-0.15, -0.1) is 0 Å². The molecule has 0 N–H and O–H groups in total. The first-order valence-corrected chi connectivity index (χ1v) is 14.7. The zero-order valence-electron chi connectivity index (χ0n) is 25.0. The van der Waals surface area contributed by atoms with E-state index in [4.69, 9.17) is 0 Å². The van der Waals surface area contributed by atoms with Crippen molar-refractivity contribution in [3.05, 3.63) is 68.8 Å². The van der Waals surface area contributed by atoms with Gasteiger partial charge in [-0.3, -0.25) is 0 Å². The van der Waals surface area contributed by atoms with Crippen LogP contribution in [0.4, 0.5) is 0 Å². The van der Waals surface area contributed by atoms with Crippen LogP contribution in [0.1, 0.15) is 126 Å². The second-order valence-corrected chi connectivity index (χ2v) is 13.0. The summed E-state index contributed by atoms with van der Waals surface area (Å²) in [4.78, 5) is 0. The van der Waals surface area contributed by atoms with Crippen molar-refractivity contribution in [3.63, 3.8) is 0 Å². The number of hydrogen-bond acceptors (Lipinski definition) is 0. The van der Waals surface area contributed by atoms with Gasteiger partial charge in [0.1, 0.15) is 0 Å². The van der Waals surface area contributed by atoms with Gasteiger partial charge in [-0.05, 0) is 120 Å². The molecule has 0 saturated heterocycles. The monoisotopic (exact) mass is 476 g/mol. The Morgan fingerprint density at radius 2 is 0.914 bits per heavy atom. The maximum absolute atomic E-state index is 2.58. The first kappa shape index (κ1) is 29.7. The Balaban J connectivity index is 2.54. The van der Waals surface area contributed by atoms with Gasteiger partial charge in [0.05, 0.1) is 0 Å². The normalized spacial score (nSPS) is 12.1. The molecule has 0 fully saturated rings. The lowest BCUT2D eigenvalue weighted by atomic mass is 9.84. The standard InChI is InChI=1S/C35H56/c1-11-12-13-14-35-33(17-26(6)7)22-30(23-34(35)18-27(8)9)19-29-20-31(15-24(2)3)28(10)32(21-29)16-25(4)5/h20-27H,11-19H2,1-10H3. The molecule has 0 spiro atoms. The molecule has 0 aliphatic heterocycles. The first-order valence-electron chi connectivity index (χ1n) is 14.7. The highest BCUT2D eigenvalue weighted by atomic mass is 14.2. The van der Waals surface area contributed by atoms with Crippen LogP contribution in [0.3, 0.4) is 0 Å². The molecule has 2 rings (SSSR count). The third-order valence-corrected chi connectivity index (χ3v) is 7.13. The summed E-state index contributed by atoms with van der Waals surface area (Å²) in [6.45, 7) is 23.6. The fourth-order valence-corrected chi connectivity index (χ4v) is 5.64. The first-order chi connectivity index (χ1) is 16.5. The summed E-state index contributed by atoms with van der Waals surface area (Å²) in [5.41, 5.74) is 12.6. The van der Waals surface area contributed by atoms with Gasteiger partial charge in [0.2, 0.25) is 0 Å². The molecule has 2 aromatic carbocycles. The largest absolute Gasteiger partial charge is 0.0654 e. The minimum Gasteiger partial charge on any atom is -0.0654 e. The third-order valence-electron chi connectivity index (χ3n) is 7.13. The predicted octanol–water partition coefficient (Wildman–Crippen LogP) is 10.1. The van der Waals surface area contributed by atoms with E-state index in [1.165, 1.54) is 68.1 Å². The summed E-state index contributed by atoms with van der Waals surface area (Å²) < 4.78 is 0. The van der Waals surface area contributed by atoms with Crippen molar-refractivity contribution in [2.75, 3.05) is 0 Å². The van der Waals surface area contributed by atoms with Crippen LogP contribution in [0.5, 0.6) is 0 Å². The molecule has 0 unspecified atom stereocenters. The molecule has 0 aromatic heterocycles. The third kappa shape index (κ3) is 9.78. The van der Waals surface area contributed by atoms with Gasteiger partial charge in [-0.1, -0.05) is 99.4 Å². The highest BCUT2D eigenvalue weighted by Gasteiger charge is 2.16. The van der Waals surface area contributed by atoms with E-state index in [9.17, 15) is 0 Å². The van der Waals surface area contributed by atoms with E-state index in [0.29, 0.717) is 23.7 Å². The van der Waals surface area contributed by atoms with E-state index in [2.05, 4.69) is 93.5 Å². The van der Waals surface area contributed by atoms with Gasteiger partial charge in [-0.25, -0.2) is 0 Å². The fourth-order valence-electron chi connectivity index (χ4n) is 5.64. The van der Waals surface area contributed by atoms with Crippen LogP contribution in [0, 0.1) is 30.6 Å². The molecule has 2 aromatic rings. The Morgan fingerprint density at radius 3 is 1.29 bits per heavy atom. The summed E-state index contributed by atoms with van der Waals surface area (Å²) >= 11 is 0. The average molecular weight is 477 g/mol. The molecule has 0 heterocycles. The van der Waals surface area contributed by atoms with Gasteiger partial charge in [-0.2, -0.15) is 0 Å². The molecule has 0 bridgehead atoms. The SMILES string of the molecule is CCCCCc1c(CC(C)C)cc(Cc2cc(CC(C)C)c(C)c(CC(C)C)c2)cc1CC(C)C. The predicted molar refractivity (Wildman–Crippen MR) is 158 cm³/mol. The molecule has 0 radical (unpaired) electrons. The second-order valence-electron chi connectivity index (χ2n) is 13.0. The van der Waals surface area contributed by atoms with Crippen LogP contribution in [0.2, 0.25) is 0 Å². The van der Waals surface area contributed by atoms with E-state index in [1.54, 1.807) is 27.8 Å². The Bertz CT molecular complexity index is 848. The zero-order valence-corrected chi connectivity index (χ0v) is 25.0. The summed E-state index contributed by atoms with van der Waals surface area (Å²) in [6.07, 6.45) is 11.0. The molecule has 0 atom stereocenters. The molecular weight excluding hydrogens is 420 g/mol. The van der Waals surface area contributed by atoms with Crippen LogP contribution in [-0.4, -0.2) is 0 Å². The van der Waals surface area contributed by atoms with Crippen LogP contribution < -0.4 is 0 Å². The molecule has 0 aliphatic rings. The van der Waals surface area contributed by atoms with Crippen LogP contribution in [0.25, 0.3) is 0 Å². The van der Waals surface area contributed by atoms with Crippen molar-refractivity contribution in [2.24, 2.45) is 23.7 Å². The van der Waals surface area contributed by atoms with Crippen molar-refractivity contribution in [3.8, 4) is 0 Å². The number of unbranched alkanes of at least 4 members (excludes halogenated alkanes) is 2. The minimum absolute atomic E-state index is 0.688. The lowest BCUT2D eigenvalue weighted by Gasteiger charge is -2.21. The molecule has 35 heavy (non-hydrogen) atoms. The smallest absolute Gasteiger partial charge is 0.00254 e. The summed E-state index contributed by atoms with van der Waals surface area (Å²) in [7, 11) is 0. The second kappa shape index (κ2) is 14.2. The molecular formula is C35H56. The Morgan fingerprint density at radius 1 is 0.543 bits per heavy atom. The van der Waals surface area contributed by atoms with E-state index in [0.717, 1.165) is 6.42 Å². The molecule has 0 nitrogen and oxygen atoms in total. The highest BCUT2D eigenvalue weighted by molar-refractivity contribution is 5.45. The molecule has 0 amide bonds. The maximum Gasteiger partial charge on any atom is -0.00254 e. The summed E-state index contributed by atoms with van der Waals surface area (Å²) in [6, 6.07) is 10.2. The topological polar surface area (TPSA) is 0 Å². The van der Waals surface area contributed by atoms with Gasteiger partial charge in [0, 0.05) is 0 Å². The van der Waals surface area contributed by atoms with Gasteiger partial charge in [0.25, 0.3) is 0 Å². The van der Waals surface area contributed by atoms with Crippen LogP contribution in [0.15, 0.2) is 24.3 Å². The van der Waals surface area contributed by atoms with E-state index in [-0.39, 0.29) is 0 Å². The maximum atomic E-state index is 2.58.